The van der Waals surface area contributed by atoms with Crippen molar-refractivity contribution in [2.45, 2.75) is 58.1 Å². The molecule has 2 heterocycles. The normalized spacial score (nSPS) is 20.5. The van der Waals surface area contributed by atoms with Crippen molar-refractivity contribution in [2.24, 2.45) is 11.8 Å². The number of carbonyl (C=O) groups is 1. The number of aliphatic hydroxyl groups is 1. The minimum Gasteiger partial charge on any atom is -0.491 e. The fourth-order valence-electron chi connectivity index (χ4n) is 4.32. The third-order valence-corrected chi connectivity index (χ3v) is 6.92. The van der Waals surface area contributed by atoms with Crippen LogP contribution in [0.3, 0.4) is 0 Å². The maximum Gasteiger partial charge on any atom is 0.325 e. The van der Waals surface area contributed by atoms with Crippen LogP contribution in [0.4, 0.5) is 5.69 Å². The second-order valence-electron chi connectivity index (χ2n) is 10.1. The van der Waals surface area contributed by atoms with E-state index in [0.29, 0.717) is 29.7 Å². The number of nitrogens with one attached hydrogen (secondary N) is 1. The standard InChI is InChI=1S/C25H30N4O4/c1-15-5-4-6-22(29(15)32)24(30)26-21-9-17-13-28(19-10-18(11-19)25(2,3)31)27-20(17)12-23(21)33-14-16-7-8-16/h4-6,9,12-13,16,18-19,31H,7-8,10-11,14H2,1-3H3,(H-,26,30,32)/p+1. The van der Waals surface area contributed by atoms with Crippen LogP contribution in [0.25, 0.3) is 10.9 Å². The van der Waals surface area contributed by atoms with Crippen molar-refractivity contribution in [3.8, 4) is 5.75 Å². The van der Waals surface area contributed by atoms with Gasteiger partial charge in [0.05, 0.1) is 29.5 Å². The van der Waals surface area contributed by atoms with Gasteiger partial charge >= 0.3 is 11.6 Å². The summed E-state index contributed by atoms with van der Waals surface area (Å²) in [6.07, 6.45) is 6.08. The fourth-order valence-corrected chi connectivity index (χ4v) is 4.32. The van der Waals surface area contributed by atoms with E-state index < -0.39 is 11.5 Å². The Morgan fingerprint density at radius 1 is 1.30 bits per heavy atom. The quantitative estimate of drug-likeness (QED) is 0.376. The molecule has 2 aliphatic carbocycles. The lowest BCUT2D eigenvalue weighted by molar-refractivity contribution is -0.909. The van der Waals surface area contributed by atoms with Crippen LogP contribution in [0.2, 0.25) is 0 Å². The van der Waals surface area contributed by atoms with Crippen molar-refractivity contribution in [3.63, 3.8) is 0 Å². The van der Waals surface area contributed by atoms with Gasteiger partial charge < -0.3 is 15.2 Å². The lowest BCUT2D eigenvalue weighted by atomic mass is 9.71. The fraction of sp³-hybridized carbons (Fsp3) is 0.480. The van der Waals surface area contributed by atoms with Gasteiger partial charge in [0, 0.05) is 41.4 Å². The Bertz CT molecular complexity index is 1200. The summed E-state index contributed by atoms with van der Waals surface area (Å²) < 4.78 is 8.91. The Balaban J connectivity index is 1.42. The van der Waals surface area contributed by atoms with E-state index in [0.717, 1.165) is 41.3 Å². The summed E-state index contributed by atoms with van der Waals surface area (Å²) in [4.78, 5) is 12.9. The molecule has 0 aliphatic heterocycles. The van der Waals surface area contributed by atoms with Crippen LogP contribution in [0, 0.1) is 18.8 Å². The highest BCUT2D eigenvalue weighted by Crippen LogP contribution is 2.44. The summed E-state index contributed by atoms with van der Waals surface area (Å²) in [6.45, 7) is 6.05. The van der Waals surface area contributed by atoms with E-state index in [9.17, 15) is 15.1 Å². The van der Waals surface area contributed by atoms with Crippen molar-refractivity contribution in [3.05, 3.63) is 47.9 Å². The van der Waals surface area contributed by atoms with Gasteiger partial charge in [-0.2, -0.15) is 5.10 Å². The lowest BCUT2D eigenvalue weighted by Gasteiger charge is -2.42. The van der Waals surface area contributed by atoms with Crippen molar-refractivity contribution in [2.75, 3.05) is 11.9 Å². The van der Waals surface area contributed by atoms with Crippen molar-refractivity contribution >= 4 is 22.5 Å². The average molecular weight is 452 g/mol. The molecule has 8 nitrogen and oxygen atoms in total. The second kappa shape index (κ2) is 8.02. The number of ether oxygens (including phenoxy) is 1. The first-order chi connectivity index (χ1) is 15.7. The Labute approximate surface area is 192 Å². The van der Waals surface area contributed by atoms with Crippen LogP contribution in [0.5, 0.6) is 5.75 Å². The molecule has 0 radical (unpaired) electrons. The smallest absolute Gasteiger partial charge is 0.325 e. The first-order valence-corrected chi connectivity index (χ1v) is 11.6. The van der Waals surface area contributed by atoms with Gasteiger partial charge in [-0.25, -0.2) is 0 Å². The van der Waals surface area contributed by atoms with Gasteiger partial charge in [-0.1, -0.05) is 0 Å². The largest absolute Gasteiger partial charge is 0.491 e. The van der Waals surface area contributed by atoms with E-state index in [-0.39, 0.29) is 17.7 Å². The average Bonchev–Trinajstić information content (AvgIpc) is 3.45. The molecule has 33 heavy (non-hydrogen) atoms. The maximum atomic E-state index is 12.9. The zero-order chi connectivity index (χ0) is 23.3. The maximum absolute atomic E-state index is 12.9. The summed E-state index contributed by atoms with van der Waals surface area (Å²) >= 11 is 0. The van der Waals surface area contributed by atoms with Crippen LogP contribution in [0.1, 0.15) is 61.8 Å². The molecule has 3 aromatic rings. The molecule has 0 saturated heterocycles. The minimum absolute atomic E-state index is 0.145. The highest BCUT2D eigenvalue weighted by molar-refractivity contribution is 6.04. The van der Waals surface area contributed by atoms with Gasteiger partial charge in [0.25, 0.3) is 0 Å². The third kappa shape index (κ3) is 4.39. The first kappa shape index (κ1) is 21.7. The molecule has 5 rings (SSSR count). The highest BCUT2D eigenvalue weighted by Gasteiger charge is 2.40. The predicted octanol–water partition coefficient (Wildman–Crippen LogP) is 3.63. The van der Waals surface area contributed by atoms with Gasteiger partial charge in [-0.05, 0) is 63.5 Å². The molecule has 8 heteroatoms. The molecule has 0 unspecified atom stereocenters. The van der Waals surface area contributed by atoms with E-state index >= 15 is 0 Å². The molecule has 2 fully saturated rings. The highest BCUT2D eigenvalue weighted by atomic mass is 16.5. The summed E-state index contributed by atoms with van der Waals surface area (Å²) in [7, 11) is 0. The number of fused-ring (bicyclic) bond motifs is 1. The minimum atomic E-state index is -0.677. The predicted molar refractivity (Wildman–Crippen MR) is 123 cm³/mol. The number of hydrogen-bond donors (Lipinski definition) is 3. The van der Waals surface area contributed by atoms with Crippen LogP contribution in [-0.4, -0.2) is 38.2 Å². The number of aromatic nitrogens is 3. The van der Waals surface area contributed by atoms with Crippen molar-refractivity contribution in [1.82, 2.24) is 9.78 Å². The van der Waals surface area contributed by atoms with E-state index in [1.54, 1.807) is 25.1 Å². The van der Waals surface area contributed by atoms with E-state index in [1.807, 2.05) is 36.9 Å². The molecule has 2 aromatic heterocycles. The number of benzene rings is 1. The Morgan fingerprint density at radius 3 is 2.76 bits per heavy atom. The van der Waals surface area contributed by atoms with Crippen LogP contribution in [-0.2, 0) is 0 Å². The first-order valence-electron chi connectivity index (χ1n) is 11.6. The van der Waals surface area contributed by atoms with Crippen molar-refractivity contribution < 1.29 is 24.6 Å². The summed E-state index contributed by atoms with van der Waals surface area (Å²) in [6, 6.07) is 9.03. The van der Waals surface area contributed by atoms with Gasteiger partial charge in [-0.15, -0.1) is 0 Å². The molecule has 0 atom stereocenters. The van der Waals surface area contributed by atoms with Gasteiger partial charge in [0.1, 0.15) is 5.75 Å². The second-order valence-corrected chi connectivity index (χ2v) is 10.1. The molecule has 2 saturated carbocycles. The van der Waals surface area contributed by atoms with E-state index in [2.05, 4.69) is 5.32 Å². The lowest BCUT2D eigenvalue weighted by Crippen LogP contribution is -2.42. The Kier molecular flexibility index (Phi) is 5.28. The Morgan fingerprint density at radius 2 is 2.06 bits per heavy atom. The number of aryl methyl sites for hydroxylation is 1. The van der Waals surface area contributed by atoms with Gasteiger partial charge in [-0.3, -0.25) is 14.7 Å². The molecule has 1 aromatic carbocycles. The number of nitrogens with zero attached hydrogens (tertiary/aromatic N) is 3. The van der Waals surface area contributed by atoms with Crippen molar-refractivity contribution in [1.29, 1.82) is 0 Å². The molecular weight excluding hydrogens is 420 g/mol. The summed E-state index contributed by atoms with van der Waals surface area (Å²) in [5, 5.41) is 29.0. The third-order valence-electron chi connectivity index (χ3n) is 6.92. The van der Waals surface area contributed by atoms with Crippen LogP contribution in [0.15, 0.2) is 36.5 Å². The molecule has 3 N–H and O–H groups in total. The summed E-state index contributed by atoms with van der Waals surface area (Å²) in [5.41, 5.74) is 1.39. The SMILES string of the molecule is Cc1cccc(C(=O)Nc2cc3cn(C4CC(C(C)(C)O)C4)nc3cc2OCC2CC2)[n+]1O. The summed E-state index contributed by atoms with van der Waals surface area (Å²) in [5.74, 6) is 0.984. The Hall–Kier alpha value is -3.13. The van der Waals surface area contributed by atoms with Crippen LogP contribution >= 0.6 is 0 Å². The number of amides is 1. The zero-order valence-electron chi connectivity index (χ0n) is 19.3. The molecule has 0 bridgehead atoms. The number of carbonyl (C=O) groups excluding carboxylic acids is 1. The molecule has 2 aliphatic rings. The number of rotatable bonds is 7. The molecule has 1 amide bonds. The number of pyridine rings is 1. The molecule has 174 valence electrons. The van der Waals surface area contributed by atoms with Gasteiger partial charge in [0.15, 0.2) is 0 Å². The number of anilines is 1. The number of hydrogen-bond acceptors (Lipinski definition) is 5. The monoisotopic (exact) mass is 451 g/mol. The van der Waals surface area contributed by atoms with E-state index in [1.165, 1.54) is 0 Å². The zero-order valence-corrected chi connectivity index (χ0v) is 19.3. The molecule has 0 spiro atoms. The van der Waals surface area contributed by atoms with Gasteiger partial charge in [0.2, 0.25) is 5.69 Å². The van der Waals surface area contributed by atoms with Crippen LogP contribution < -0.4 is 14.8 Å². The topological polar surface area (TPSA) is 100 Å². The molecular formula is C25H31N4O4+. The van der Waals surface area contributed by atoms with E-state index in [4.69, 9.17) is 9.84 Å².